The molecule has 2 N–H and O–H groups in total. The molecule has 3 aromatic carbocycles. The second-order valence-corrected chi connectivity index (χ2v) is 6.51. The van der Waals surface area contributed by atoms with Crippen molar-refractivity contribution in [1.82, 2.24) is 5.32 Å². The van der Waals surface area contributed by atoms with Crippen LogP contribution in [0.5, 0.6) is 5.75 Å². The van der Waals surface area contributed by atoms with Crippen LogP contribution in [-0.4, -0.2) is 18.4 Å². The molecule has 0 saturated carbocycles. The standard InChI is InChI=1S/C25H24N2O3/c1-2-30-22-16-10-9-11-19(22)17-18-23(28)27-24(20-12-5-3-6-13-20)25(29)26-21-14-7-4-8-15-21/h3-18,24H,2H2,1H3,(H,26,29)(H,27,28). The molecule has 0 fully saturated rings. The second-order valence-electron chi connectivity index (χ2n) is 6.51. The Balaban J connectivity index is 1.76. The van der Waals surface area contributed by atoms with E-state index in [1.54, 1.807) is 18.2 Å². The van der Waals surface area contributed by atoms with Gasteiger partial charge in [0.05, 0.1) is 6.61 Å². The lowest BCUT2D eigenvalue weighted by atomic mass is 10.1. The molecule has 0 radical (unpaired) electrons. The van der Waals surface area contributed by atoms with Crippen molar-refractivity contribution in [2.45, 2.75) is 13.0 Å². The van der Waals surface area contributed by atoms with Gasteiger partial charge in [-0.2, -0.15) is 0 Å². The number of hydrogen-bond donors (Lipinski definition) is 2. The van der Waals surface area contributed by atoms with Crippen LogP contribution in [0.2, 0.25) is 0 Å². The summed E-state index contributed by atoms with van der Waals surface area (Å²) in [5.41, 5.74) is 2.15. The van der Waals surface area contributed by atoms with Crippen LogP contribution in [0.1, 0.15) is 24.1 Å². The average Bonchev–Trinajstić information content (AvgIpc) is 2.78. The van der Waals surface area contributed by atoms with Crippen LogP contribution in [0.3, 0.4) is 0 Å². The number of para-hydroxylation sites is 2. The highest BCUT2D eigenvalue weighted by Crippen LogP contribution is 2.20. The molecule has 30 heavy (non-hydrogen) atoms. The summed E-state index contributed by atoms with van der Waals surface area (Å²) in [5.74, 6) is 0.00714. The number of amides is 2. The normalized spacial score (nSPS) is 11.6. The van der Waals surface area contributed by atoms with Crippen LogP contribution in [-0.2, 0) is 9.59 Å². The van der Waals surface area contributed by atoms with Crippen LogP contribution < -0.4 is 15.4 Å². The summed E-state index contributed by atoms with van der Waals surface area (Å²) in [5, 5.41) is 5.64. The number of hydrogen-bond acceptors (Lipinski definition) is 3. The molecule has 0 aliphatic carbocycles. The Morgan fingerprint density at radius 3 is 2.23 bits per heavy atom. The molecule has 3 aromatic rings. The summed E-state index contributed by atoms with van der Waals surface area (Å²) in [6.45, 7) is 2.44. The molecule has 152 valence electrons. The zero-order chi connectivity index (χ0) is 21.2. The minimum Gasteiger partial charge on any atom is -0.493 e. The first kappa shape index (κ1) is 20.9. The van der Waals surface area contributed by atoms with Gasteiger partial charge >= 0.3 is 0 Å². The number of nitrogens with one attached hydrogen (secondary N) is 2. The zero-order valence-electron chi connectivity index (χ0n) is 16.7. The molecule has 0 heterocycles. The van der Waals surface area contributed by atoms with Gasteiger partial charge in [0.15, 0.2) is 0 Å². The first-order valence-corrected chi connectivity index (χ1v) is 9.78. The van der Waals surface area contributed by atoms with E-state index in [4.69, 9.17) is 4.74 Å². The zero-order valence-corrected chi connectivity index (χ0v) is 16.7. The Morgan fingerprint density at radius 1 is 0.900 bits per heavy atom. The third-order valence-corrected chi connectivity index (χ3v) is 4.36. The number of carbonyl (C=O) groups excluding carboxylic acids is 2. The van der Waals surface area contributed by atoms with Crippen molar-refractivity contribution in [3.05, 3.63) is 102 Å². The maximum absolute atomic E-state index is 12.9. The maximum Gasteiger partial charge on any atom is 0.251 e. The monoisotopic (exact) mass is 400 g/mol. The van der Waals surface area contributed by atoms with Crippen molar-refractivity contribution < 1.29 is 14.3 Å². The van der Waals surface area contributed by atoms with E-state index in [1.807, 2.05) is 79.7 Å². The predicted octanol–water partition coefficient (Wildman–Crippen LogP) is 4.59. The predicted molar refractivity (Wildman–Crippen MR) is 119 cm³/mol. The summed E-state index contributed by atoms with van der Waals surface area (Å²) in [6, 6.07) is 24.9. The number of rotatable bonds is 8. The average molecular weight is 400 g/mol. The van der Waals surface area contributed by atoms with Crippen LogP contribution in [0, 0.1) is 0 Å². The second kappa shape index (κ2) is 10.6. The Hall–Kier alpha value is -3.86. The van der Waals surface area contributed by atoms with Crippen molar-refractivity contribution in [1.29, 1.82) is 0 Å². The van der Waals surface area contributed by atoms with E-state index in [0.29, 0.717) is 23.6 Å². The van der Waals surface area contributed by atoms with Gasteiger partial charge in [-0.1, -0.05) is 66.7 Å². The van der Waals surface area contributed by atoms with Gasteiger partial charge in [-0.25, -0.2) is 0 Å². The molecule has 0 bridgehead atoms. The smallest absolute Gasteiger partial charge is 0.251 e. The van der Waals surface area contributed by atoms with Gasteiger partial charge in [-0.05, 0) is 36.8 Å². The molecular weight excluding hydrogens is 376 g/mol. The van der Waals surface area contributed by atoms with E-state index in [2.05, 4.69) is 10.6 Å². The van der Waals surface area contributed by atoms with Gasteiger partial charge in [-0.15, -0.1) is 0 Å². The third kappa shape index (κ3) is 5.82. The molecule has 1 atom stereocenters. The molecule has 0 spiro atoms. The van der Waals surface area contributed by atoms with Crippen LogP contribution >= 0.6 is 0 Å². The Morgan fingerprint density at radius 2 is 1.53 bits per heavy atom. The number of benzene rings is 3. The summed E-state index contributed by atoms with van der Waals surface area (Å²) in [7, 11) is 0. The van der Waals surface area contributed by atoms with Gasteiger partial charge in [0.25, 0.3) is 5.91 Å². The first-order chi connectivity index (χ1) is 14.7. The first-order valence-electron chi connectivity index (χ1n) is 9.78. The fraction of sp³-hybridized carbons (Fsp3) is 0.120. The summed E-state index contributed by atoms with van der Waals surface area (Å²) < 4.78 is 5.58. The largest absolute Gasteiger partial charge is 0.493 e. The lowest BCUT2D eigenvalue weighted by molar-refractivity contribution is -0.123. The van der Waals surface area contributed by atoms with Gasteiger partial charge in [0, 0.05) is 17.3 Å². The molecule has 5 heteroatoms. The Kier molecular flexibility index (Phi) is 7.39. The minimum absolute atomic E-state index is 0.316. The van der Waals surface area contributed by atoms with E-state index < -0.39 is 6.04 Å². The van der Waals surface area contributed by atoms with Crippen molar-refractivity contribution in [2.75, 3.05) is 11.9 Å². The molecule has 0 aromatic heterocycles. The van der Waals surface area contributed by atoms with E-state index in [0.717, 1.165) is 5.56 Å². The molecular formula is C25H24N2O3. The highest BCUT2D eigenvalue weighted by Gasteiger charge is 2.22. The van der Waals surface area contributed by atoms with E-state index in [1.165, 1.54) is 6.08 Å². The Bertz CT molecular complexity index is 1000. The van der Waals surface area contributed by atoms with E-state index in [9.17, 15) is 9.59 Å². The molecule has 2 amide bonds. The van der Waals surface area contributed by atoms with Crippen LogP contribution in [0.15, 0.2) is 91.0 Å². The Labute approximate surface area is 176 Å². The minimum atomic E-state index is -0.828. The lowest BCUT2D eigenvalue weighted by Crippen LogP contribution is -2.36. The van der Waals surface area contributed by atoms with E-state index >= 15 is 0 Å². The van der Waals surface area contributed by atoms with Crippen LogP contribution in [0.4, 0.5) is 5.69 Å². The van der Waals surface area contributed by atoms with Crippen molar-refractivity contribution in [3.63, 3.8) is 0 Å². The third-order valence-electron chi connectivity index (χ3n) is 4.36. The molecule has 5 nitrogen and oxygen atoms in total. The fourth-order valence-electron chi connectivity index (χ4n) is 2.94. The molecule has 3 rings (SSSR count). The van der Waals surface area contributed by atoms with Crippen molar-refractivity contribution >= 4 is 23.6 Å². The summed E-state index contributed by atoms with van der Waals surface area (Å²) >= 11 is 0. The maximum atomic E-state index is 12.9. The van der Waals surface area contributed by atoms with Crippen LogP contribution in [0.25, 0.3) is 6.08 Å². The topological polar surface area (TPSA) is 67.4 Å². The van der Waals surface area contributed by atoms with Crippen molar-refractivity contribution in [2.24, 2.45) is 0 Å². The number of ether oxygens (including phenoxy) is 1. The van der Waals surface area contributed by atoms with Gasteiger partial charge in [0.1, 0.15) is 11.8 Å². The highest BCUT2D eigenvalue weighted by molar-refractivity contribution is 6.00. The summed E-state index contributed by atoms with van der Waals surface area (Å²) in [4.78, 5) is 25.5. The molecule has 0 saturated heterocycles. The van der Waals surface area contributed by atoms with Crippen molar-refractivity contribution in [3.8, 4) is 5.75 Å². The van der Waals surface area contributed by atoms with Gasteiger partial charge < -0.3 is 15.4 Å². The van der Waals surface area contributed by atoms with Gasteiger partial charge in [0.2, 0.25) is 5.91 Å². The number of carbonyl (C=O) groups is 2. The molecule has 0 aliphatic heterocycles. The SMILES string of the molecule is CCOc1ccccc1C=CC(=O)NC(C(=O)Nc1ccccc1)c1ccccc1. The quantitative estimate of drug-likeness (QED) is 0.543. The number of anilines is 1. The fourth-order valence-corrected chi connectivity index (χ4v) is 2.94. The highest BCUT2D eigenvalue weighted by atomic mass is 16.5. The summed E-state index contributed by atoms with van der Waals surface area (Å²) in [6.07, 6.45) is 3.08. The molecule has 0 aliphatic rings. The lowest BCUT2D eigenvalue weighted by Gasteiger charge is -2.18. The molecule has 1 unspecified atom stereocenters. The van der Waals surface area contributed by atoms with E-state index in [-0.39, 0.29) is 11.8 Å². The van der Waals surface area contributed by atoms with Gasteiger partial charge in [-0.3, -0.25) is 9.59 Å².